The molecule has 2 aliphatic heterocycles. The van der Waals surface area contributed by atoms with Crippen molar-refractivity contribution in [3.05, 3.63) is 66.0 Å². The summed E-state index contributed by atoms with van der Waals surface area (Å²) < 4.78 is 13.2. The smallest absolute Gasteiger partial charge is 0.245 e. The molecule has 0 spiro atoms. The minimum Gasteiger partial charge on any atom is -0.338 e. The van der Waals surface area contributed by atoms with Crippen molar-refractivity contribution >= 4 is 17.5 Å². The van der Waals surface area contributed by atoms with Crippen LogP contribution in [0.15, 0.2) is 54.6 Å². The van der Waals surface area contributed by atoms with Gasteiger partial charge in [0.15, 0.2) is 0 Å². The highest BCUT2D eigenvalue weighted by atomic mass is 19.1. The molecule has 5 nitrogen and oxygen atoms in total. The third kappa shape index (κ3) is 3.92. The SMILES string of the molecule is O=C(C1CCC(=O)N1c1ccc(F)cc1)N1CCN(Cc2ccccc2)CC1. The molecule has 2 aromatic carbocycles. The Morgan fingerprint density at radius 3 is 2.32 bits per heavy atom. The molecule has 0 aromatic heterocycles. The van der Waals surface area contributed by atoms with E-state index in [0.29, 0.717) is 31.6 Å². The second-order valence-corrected chi connectivity index (χ2v) is 7.38. The van der Waals surface area contributed by atoms with E-state index in [0.717, 1.165) is 19.6 Å². The van der Waals surface area contributed by atoms with Gasteiger partial charge in [0.1, 0.15) is 11.9 Å². The predicted octanol–water partition coefficient (Wildman–Crippen LogP) is 2.67. The molecule has 1 atom stereocenters. The topological polar surface area (TPSA) is 43.9 Å². The Morgan fingerprint density at radius 1 is 0.964 bits per heavy atom. The number of hydrogen-bond acceptors (Lipinski definition) is 3. The van der Waals surface area contributed by atoms with Crippen LogP contribution in [0.25, 0.3) is 0 Å². The fraction of sp³-hybridized carbons (Fsp3) is 0.364. The number of benzene rings is 2. The molecule has 4 rings (SSSR count). The lowest BCUT2D eigenvalue weighted by atomic mass is 10.1. The summed E-state index contributed by atoms with van der Waals surface area (Å²) >= 11 is 0. The number of piperazine rings is 1. The minimum atomic E-state index is -0.487. The highest BCUT2D eigenvalue weighted by molar-refractivity contribution is 6.03. The summed E-state index contributed by atoms with van der Waals surface area (Å²) in [5.74, 6) is -0.435. The predicted molar refractivity (Wildman–Crippen MR) is 105 cm³/mol. The summed E-state index contributed by atoms with van der Waals surface area (Å²) in [5, 5.41) is 0. The molecule has 0 bridgehead atoms. The lowest BCUT2D eigenvalue weighted by Gasteiger charge is -2.37. The normalized spacial score (nSPS) is 20.6. The summed E-state index contributed by atoms with van der Waals surface area (Å²) in [6.07, 6.45) is 0.862. The van der Waals surface area contributed by atoms with Crippen LogP contribution in [0.4, 0.5) is 10.1 Å². The van der Waals surface area contributed by atoms with Gasteiger partial charge in [0.2, 0.25) is 11.8 Å². The number of hydrogen-bond donors (Lipinski definition) is 0. The molecule has 0 saturated carbocycles. The largest absolute Gasteiger partial charge is 0.338 e. The van der Waals surface area contributed by atoms with Gasteiger partial charge in [-0.3, -0.25) is 19.4 Å². The number of halogens is 1. The third-order valence-electron chi connectivity index (χ3n) is 5.53. The molecule has 146 valence electrons. The van der Waals surface area contributed by atoms with Crippen molar-refractivity contribution in [2.75, 3.05) is 31.1 Å². The molecular formula is C22H24FN3O2. The van der Waals surface area contributed by atoms with Gasteiger partial charge in [0.05, 0.1) is 0 Å². The Bertz CT molecular complexity index is 833. The van der Waals surface area contributed by atoms with E-state index in [1.165, 1.54) is 22.6 Å². The van der Waals surface area contributed by atoms with Gasteiger partial charge in [-0.25, -0.2) is 4.39 Å². The van der Waals surface area contributed by atoms with E-state index in [4.69, 9.17) is 0 Å². The fourth-order valence-corrected chi connectivity index (χ4v) is 4.02. The maximum absolute atomic E-state index is 13.2. The quantitative estimate of drug-likeness (QED) is 0.818. The first-order valence-electron chi connectivity index (χ1n) is 9.74. The zero-order valence-corrected chi connectivity index (χ0v) is 15.8. The van der Waals surface area contributed by atoms with Crippen molar-refractivity contribution in [1.29, 1.82) is 0 Å². The summed E-state index contributed by atoms with van der Waals surface area (Å²) in [4.78, 5) is 31.2. The van der Waals surface area contributed by atoms with E-state index in [1.807, 2.05) is 23.1 Å². The standard InChI is InChI=1S/C22H24FN3O2/c23-18-6-8-19(9-7-18)26-20(10-11-21(26)27)22(28)25-14-12-24(13-15-25)16-17-4-2-1-3-5-17/h1-9,20H,10-16H2. The first-order valence-corrected chi connectivity index (χ1v) is 9.74. The average molecular weight is 381 g/mol. The molecule has 2 saturated heterocycles. The van der Waals surface area contributed by atoms with Gasteiger partial charge in [-0.05, 0) is 36.2 Å². The molecule has 2 aliphatic rings. The van der Waals surface area contributed by atoms with Crippen LogP contribution in [0, 0.1) is 5.82 Å². The molecule has 2 aromatic rings. The van der Waals surface area contributed by atoms with Gasteiger partial charge < -0.3 is 4.90 Å². The Kier molecular flexibility index (Phi) is 5.39. The van der Waals surface area contributed by atoms with Gasteiger partial charge >= 0.3 is 0 Å². The Labute approximate surface area is 164 Å². The summed E-state index contributed by atoms with van der Waals surface area (Å²) in [6.45, 7) is 3.84. The number of amides is 2. The number of carbonyl (C=O) groups is 2. The summed E-state index contributed by atoms with van der Waals surface area (Å²) in [5.41, 5.74) is 1.86. The number of anilines is 1. The minimum absolute atomic E-state index is 0.00506. The highest BCUT2D eigenvalue weighted by Crippen LogP contribution is 2.28. The van der Waals surface area contributed by atoms with Crippen LogP contribution in [-0.4, -0.2) is 53.8 Å². The molecule has 1 unspecified atom stereocenters. The van der Waals surface area contributed by atoms with Crippen LogP contribution in [0.2, 0.25) is 0 Å². The first-order chi connectivity index (χ1) is 13.6. The molecule has 6 heteroatoms. The second-order valence-electron chi connectivity index (χ2n) is 7.38. The Morgan fingerprint density at radius 2 is 1.64 bits per heavy atom. The number of rotatable bonds is 4. The van der Waals surface area contributed by atoms with Crippen LogP contribution in [-0.2, 0) is 16.1 Å². The fourth-order valence-electron chi connectivity index (χ4n) is 4.02. The van der Waals surface area contributed by atoms with E-state index in [-0.39, 0.29) is 17.6 Å². The molecule has 0 N–H and O–H groups in total. The van der Waals surface area contributed by atoms with Crippen molar-refractivity contribution in [3.8, 4) is 0 Å². The van der Waals surface area contributed by atoms with Crippen LogP contribution >= 0.6 is 0 Å². The van der Waals surface area contributed by atoms with Crippen LogP contribution in [0.3, 0.4) is 0 Å². The van der Waals surface area contributed by atoms with Crippen LogP contribution in [0.1, 0.15) is 18.4 Å². The van der Waals surface area contributed by atoms with E-state index >= 15 is 0 Å². The molecule has 2 heterocycles. The maximum Gasteiger partial charge on any atom is 0.245 e. The first kappa shape index (κ1) is 18.6. The van der Waals surface area contributed by atoms with Crippen molar-refractivity contribution in [2.24, 2.45) is 0 Å². The van der Waals surface area contributed by atoms with Gasteiger partial charge in [-0.2, -0.15) is 0 Å². The number of carbonyl (C=O) groups excluding carboxylic acids is 2. The summed E-state index contributed by atoms with van der Waals surface area (Å²) in [7, 11) is 0. The van der Waals surface area contributed by atoms with Crippen LogP contribution in [0.5, 0.6) is 0 Å². The zero-order valence-electron chi connectivity index (χ0n) is 15.8. The van der Waals surface area contributed by atoms with Gasteiger partial charge in [0, 0.05) is 44.8 Å². The van der Waals surface area contributed by atoms with E-state index in [1.54, 1.807) is 12.1 Å². The zero-order chi connectivity index (χ0) is 19.5. The molecular weight excluding hydrogens is 357 g/mol. The van der Waals surface area contributed by atoms with E-state index in [9.17, 15) is 14.0 Å². The molecule has 0 radical (unpaired) electrons. The van der Waals surface area contributed by atoms with E-state index < -0.39 is 6.04 Å². The van der Waals surface area contributed by atoms with Gasteiger partial charge in [-0.15, -0.1) is 0 Å². The molecule has 0 aliphatic carbocycles. The highest BCUT2D eigenvalue weighted by Gasteiger charge is 2.39. The van der Waals surface area contributed by atoms with Gasteiger partial charge in [0.25, 0.3) is 0 Å². The second kappa shape index (κ2) is 8.10. The van der Waals surface area contributed by atoms with Crippen molar-refractivity contribution in [1.82, 2.24) is 9.80 Å². The lowest BCUT2D eigenvalue weighted by Crippen LogP contribution is -2.54. The monoisotopic (exact) mass is 381 g/mol. The number of nitrogens with zero attached hydrogens (tertiary/aromatic N) is 3. The van der Waals surface area contributed by atoms with Crippen LogP contribution < -0.4 is 4.90 Å². The lowest BCUT2D eigenvalue weighted by molar-refractivity contribution is -0.134. The van der Waals surface area contributed by atoms with Crippen molar-refractivity contribution in [3.63, 3.8) is 0 Å². The maximum atomic E-state index is 13.2. The Balaban J connectivity index is 1.39. The van der Waals surface area contributed by atoms with Crippen molar-refractivity contribution < 1.29 is 14.0 Å². The molecule has 2 amide bonds. The van der Waals surface area contributed by atoms with E-state index in [2.05, 4.69) is 17.0 Å². The summed E-state index contributed by atoms with van der Waals surface area (Å²) in [6, 6.07) is 15.6. The average Bonchev–Trinajstić information content (AvgIpc) is 3.11. The molecule has 28 heavy (non-hydrogen) atoms. The van der Waals surface area contributed by atoms with Crippen molar-refractivity contribution in [2.45, 2.75) is 25.4 Å². The van der Waals surface area contributed by atoms with Gasteiger partial charge in [-0.1, -0.05) is 30.3 Å². The third-order valence-corrected chi connectivity index (χ3v) is 5.53. The Hall–Kier alpha value is -2.73. The molecule has 2 fully saturated rings.